The van der Waals surface area contributed by atoms with Gasteiger partial charge in [-0.2, -0.15) is 0 Å². The number of fused-ring (bicyclic) bond motifs is 1. The average molecular weight is 252 g/mol. The van der Waals surface area contributed by atoms with Crippen LogP contribution in [0.4, 0.5) is 0 Å². The summed E-state index contributed by atoms with van der Waals surface area (Å²) in [5, 5.41) is 4.50. The van der Waals surface area contributed by atoms with Crippen molar-refractivity contribution in [2.75, 3.05) is 7.05 Å². The summed E-state index contributed by atoms with van der Waals surface area (Å²) in [5.74, 6) is 0.950. The Morgan fingerprint density at radius 3 is 2.84 bits per heavy atom. The Balaban J connectivity index is 2.09. The summed E-state index contributed by atoms with van der Waals surface area (Å²) >= 11 is 0. The zero-order valence-corrected chi connectivity index (χ0v) is 11.1. The van der Waals surface area contributed by atoms with Crippen LogP contribution in [0, 0.1) is 6.92 Å². The molecular weight excluding hydrogens is 236 g/mol. The van der Waals surface area contributed by atoms with Crippen LogP contribution in [-0.2, 0) is 0 Å². The molecule has 0 aliphatic heterocycles. The van der Waals surface area contributed by atoms with Gasteiger partial charge >= 0.3 is 0 Å². The van der Waals surface area contributed by atoms with Gasteiger partial charge in [-0.25, -0.2) is 0 Å². The molecule has 1 unspecified atom stereocenters. The van der Waals surface area contributed by atoms with E-state index in [0.29, 0.717) is 0 Å². The molecule has 3 rings (SSSR count). The smallest absolute Gasteiger partial charge is 0.105 e. The third kappa shape index (κ3) is 2.13. The van der Waals surface area contributed by atoms with Gasteiger partial charge in [0.05, 0.1) is 17.8 Å². The van der Waals surface area contributed by atoms with Gasteiger partial charge < -0.3 is 9.73 Å². The second-order valence-corrected chi connectivity index (χ2v) is 4.61. The summed E-state index contributed by atoms with van der Waals surface area (Å²) in [6, 6.07) is 12.6. The molecule has 1 atom stereocenters. The Morgan fingerprint density at radius 1 is 1.21 bits per heavy atom. The van der Waals surface area contributed by atoms with Crippen molar-refractivity contribution in [1.82, 2.24) is 10.3 Å². The monoisotopic (exact) mass is 252 g/mol. The zero-order chi connectivity index (χ0) is 13.2. The number of nitrogens with zero attached hydrogens (tertiary/aromatic N) is 1. The van der Waals surface area contributed by atoms with Crippen LogP contribution in [0.15, 0.2) is 53.3 Å². The van der Waals surface area contributed by atoms with Crippen molar-refractivity contribution in [2.24, 2.45) is 0 Å². The molecule has 3 aromatic rings. The second kappa shape index (κ2) is 4.86. The van der Waals surface area contributed by atoms with Crippen LogP contribution in [0.3, 0.4) is 0 Å². The molecule has 1 aromatic carbocycles. The van der Waals surface area contributed by atoms with Gasteiger partial charge in [0.2, 0.25) is 0 Å². The normalized spacial score (nSPS) is 12.7. The average Bonchev–Trinajstić information content (AvgIpc) is 2.86. The number of benzene rings is 1. The van der Waals surface area contributed by atoms with Crippen molar-refractivity contribution in [3.8, 4) is 0 Å². The van der Waals surface area contributed by atoms with Gasteiger partial charge in [-0.3, -0.25) is 4.98 Å². The van der Waals surface area contributed by atoms with Crippen molar-refractivity contribution < 1.29 is 4.42 Å². The van der Waals surface area contributed by atoms with E-state index in [2.05, 4.69) is 34.6 Å². The Kier molecular flexibility index (Phi) is 3.05. The fourth-order valence-corrected chi connectivity index (χ4v) is 2.47. The Bertz CT molecular complexity index is 703. The standard InChI is InChI=1S/C16H16N2O/c1-11-14(7-9-19-11)16(17-2)13-5-6-15-12(10-13)4-3-8-18-15/h3-10,16-17H,1-2H3. The highest BCUT2D eigenvalue weighted by Crippen LogP contribution is 2.27. The van der Waals surface area contributed by atoms with Crippen LogP contribution in [0.1, 0.15) is 22.9 Å². The van der Waals surface area contributed by atoms with E-state index in [9.17, 15) is 0 Å². The van der Waals surface area contributed by atoms with Crippen molar-refractivity contribution in [3.05, 3.63) is 65.7 Å². The van der Waals surface area contributed by atoms with Gasteiger partial charge in [0, 0.05) is 17.1 Å². The molecule has 0 aliphatic rings. The van der Waals surface area contributed by atoms with Crippen molar-refractivity contribution >= 4 is 10.9 Å². The first-order valence-corrected chi connectivity index (χ1v) is 6.35. The van der Waals surface area contributed by atoms with E-state index in [1.807, 2.05) is 32.3 Å². The minimum Gasteiger partial charge on any atom is -0.469 e. The van der Waals surface area contributed by atoms with Gasteiger partial charge in [-0.15, -0.1) is 0 Å². The molecule has 2 aromatic heterocycles. The molecule has 1 N–H and O–H groups in total. The van der Waals surface area contributed by atoms with Crippen LogP contribution in [0.5, 0.6) is 0 Å². The Labute approximate surface area is 112 Å². The van der Waals surface area contributed by atoms with Crippen LogP contribution in [0.2, 0.25) is 0 Å². The van der Waals surface area contributed by atoms with E-state index in [1.54, 1.807) is 6.26 Å². The van der Waals surface area contributed by atoms with Gasteiger partial charge in [0.15, 0.2) is 0 Å². The van der Waals surface area contributed by atoms with Crippen LogP contribution >= 0.6 is 0 Å². The predicted molar refractivity (Wildman–Crippen MR) is 76.1 cm³/mol. The number of aromatic nitrogens is 1. The van der Waals surface area contributed by atoms with Crippen molar-refractivity contribution in [1.29, 1.82) is 0 Å². The topological polar surface area (TPSA) is 38.1 Å². The third-order valence-corrected chi connectivity index (χ3v) is 3.46. The van der Waals surface area contributed by atoms with E-state index in [-0.39, 0.29) is 6.04 Å². The summed E-state index contributed by atoms with van der Waals surface area (Å²) < 4.78 is 5.40. The molecular formula is C16H16N2O. The van der Waals surface area contributed by atoms with Crippen LogP contribution in [0.25, 0.3) is 10.9 Å². The molecule has 0 bridgehead atoms. The molecule has 0 fully saturated rings. The van der Waals surface area contributed by atoms with E-state index in [4.69, 9.17) is 4.42 Å². The maximum atomic E-state index is 5.40. The van der Waals surface area contributed by atoms with Crippen LogP contribution in [-0.4, -0.2) is 12.0 Å². The quantitative estimate of drug-likeness (QED) is 0.776. The van der Waals surface area contributed by atoms with Crippen molar-refractivity contribution in [2.45, 2.75) is 13.0 Å². The molecule has 0 amide bonds. The lowest BCUT2D eigenvalue weighted by molar-refractivity contribution is 0.523. The third-order valence-electron chi connectivity index (χ3n) is 3.46. The zero-order valence-electron chi connectivity index (χ0n) is 11.1. The van der Waals surface area contributed by atoms with E-state index >= 15 is 0 Å². The molecule has 3 nitrogen and oxygen atoms in total. The Hall–Kier alpha value is -2.13. The maximum absolute atomic E-state index is 5.40. The van der Waals surface area contributed by atoms with Crippen molar-refractivity contribution in [3.63, 3.8) is 0 Å². The number of hydrogen-bond donors (Lipinski definition) is 1. The Morgan fingerprint density at radius 2 is 2.11 bits per heavy atom. The van der Waals surface area contributed by atoms with E-state index in [1.165, 1.54) is 11.1 Å². The summed E-state index contributed by atoms with van der Waals surface area (Å²) in [4.78, 5) is 4.35. The summed E-state index contributed by atoms with van der Waals surface area (Å²) in [6.07, 6.45) is 3.55. The lowest BCUT2D eigenvalue weighted by Crippen LogP contribution is -2.17. The SMILES string of the molecule is CNC(c1ccc2ncccc2c1)c1ccoc1C. The van der Waals surface area contributed by atoms with E-state index in [0.717, 1.165) is 16.7 Å². The van der Waals surface area contributed by atoms with E-state index < -0.39 is 0 Å². The number of rotatable bonds is 3. The molecule has 3 heteroatoms. The first kappa shape index (κ1) is 11.9. The number of furan rings is 1. The van der Waals surface area contributed by atoms with Gasteiger partial charge in [-0.05, 0) is 43.8 Å². The second-order valence-electron chi connectivity index (χ2n) is 4.61. The molecule has 0 radical (unpaired) electrons. The largest absolute Gasteiger partial charge is 0.469 e. The lowest BCUT2D eigenvalue weighted by atomic mass is 9.98. The fraction of sp³-hybridized carbons (Fsp3) is 0.188. The number of aryl methyl sites for hydroxylation is 1. The fourth-order valence-electron chi connectivity index (χ4n) is 2.47. The lowest BCUT2D eigenvalue weighted by Gasteiger charge is -2.16. The first-order valence-electron chi connectivity index (χ1n) is 6.35. The van der Waals surface area contributed by atoms with Gasteiger partial charge in [0.25, 0.3) is 0 Å². The first-order chi connectivity index (χ1) is 9.29. The highest BCUT2D eigenvalue weighted by atomic mass is 16.3. The highest BCUT2D eigenvalue weighted by molar-refractivity contribution is 5.79. The summed E-state index contributed by atoms with van der Waals surface area (Å²) in [6.45, 7) is 1.99. The molecule has 0 spiro atoms. The minimum absolute atomic E-state index is 0.142. The minimum atomic E-state index is 0.142. The van der Waals surface area contributed by atoms with Gasteiger partial charge in [-0.1, -0.05) is 12.1 Å². The molecule has 19 heavy (non-hydrogen) atoms. The van der Waals surface area contributed by atoms with Gasteiger partial charge in [0.1, 0.15) is 5.76 Å². The molecule has 2 heterocycles. The number of pyridine rings is 1. The number of hydrogen-bond acceptors (Lipinski definition) is 3. The molecule has 0 saturated carbocycles. The summed E-state index contributed by atoms with van der Waals surface area (Å²) in [7, 11) is 1.96. The summed E-state index contributed by atoms with van der Waals surface area (Å²) in [5.41, 5.74) is 3.41. The predicted octanol–water partition coefficient (Wildman–Crippen LogP) is 3.45. The molecule has 0 saturated heterocycles. The molecule has 0 aliphatic carbocycles. The van der Waals surface area contributed by atoms with Crippen LogP contribution < -0.4 is 5.32 Å². The molecule has 96 valence electrons. The number of nitrogens with one attached hydrogen (secondary N) is 1. The maximum Gasteiger partial charge on any atom is 0.105 e. The highest BCUT2D eigenvalue weighted by Gasteiger charge is 2.16.